The average molecular weight is 292 g/mol. The molecule has 0 atom stereocenters. The van der Waals surface area contributed by atoms with E-state index in [1.807, 2.05) is 13.0 Å². The lowest BCUT2D eigenvalue weighted by Gasteiger charge is -2.11. The van der Waals surface area contributed by atoms with Crippen LogP contribution in [0.15, 0.2) is 41.7 Å². The Bertz CT molecular complexity index is 644. The summed E-state index contributed by atoms with van der Waals surface area (Å²) in [7, 11) is 0. The van der Waals surface area contributed by atoms with Crippen LogP contribution in [0.25, 0.3) is 0 Å². The quantitative estimate of drug-likeness (QED) is 0.393. The van der Waals surface area contributed by atoms with E-state index in [0.717, 1.165) is 11.1 Å². The second-order valence-corrected chi connectivity index (χ2v) is 4.63. The van der Waals surface area contributed by atoms with Crippen molar-refractivity contribution in [2.45, 2.75) is 13.5 Å². The topological polar surface area (TPSA) is 80.7 Å². The van der Waals surface area contributed by atoms with Gasteiger partial charge in [-0.3, -0.25) is 4.98 Å². The third-order valence-corrected chi connectivity index (χ3v) is 3.01. The zero-order chi connectivity index (χ0) is 14.5. The Morgan fingerprint density at radius 3 is 3.00 bits per heavy atom. The second-order valence-electron chi connectivity index (χ2n) is 4.19. The molecule has 0 fully saturated rings. The predicted octanol–water partition coefficient (Wildman–Crippen LogP) is 2.72. The Balaban J connectivity index is 2.21. The van der Waals surface area contributed by atoms with Crippen molar-refractivity contribution in [3.63, 3.8) is 0 Å². The highest BCUT2D eigenvalue weighted by Crippen LogP contribution is 2.23. The average Bonchev–Trinajstić information content (AvgIpc) is 2.47. The molecule has 0 aliphatic rings. The third-order valence-electron chi connectivity index (χ3n) is 2.77. The van der Waals surface area contributed by atoms with E-state index >= 15 is 0 Å². The smallest absolute Gasteiger partial charge is 0.189 e. The Morgan fingerprint density at radius 2 is 2.25 bits per heavy atom. The van der Waals surface area contributed by atoms with Gasteiger partial charge in [0.1, 0.15) is 18.1 Å². The summed E-state index contributed by atoms with van der Waals surface area (Å²) in [5, 5.41) is 12.3. The molecular formula is C14H14ClN3O2. The van der Waals surface area contributed by atoms with Crippen LogP contribution in [-0.4, -0.2) is 16.0 Å². The van der Waals surface area contributed by atoms with Crippen molar-refractivity contribution < 1.29 is 9.94 Å². The number of oxime groups is 1. The molecule has 0 bridgehead atoms. The number of rotatable bonds is 4. The monoisotopic (exact) mass is 291 g/mol. The molecule has 0 spiro atoms. The largest absolute Gasteiger partial charge is 0.488 e. The number of ether oxygens (including phenoxy) is 1. The fourth-order valence-electron chi connectivity index (χ4n) is 1.72. The highest BCUT2D eigenvalue weighted by Gasteiger charge is 2.09. The molecule has 3 N–H and O–H groups in total. The first kappa shape index (κ1) is 14.1. The molecule has 1 aromatic carbocycles. The summed E-state index contributed by atoms with van der Waals surface area (Å²) in [4.78, 5) is 4.08. The van der Waals surface area contributed by atoms with Gasteiger partial charge in [0.15, 0.2) is 5.84 Å². The van der Waals surface area contributed by atoms with E-state index in [-0.39, 0.29) is 12.4 Å². The Labute approximate surface area is 121 Å². The lowest BCUT2D eigenvalue weighted by Crippen LogP contribution is -2.18. The Morgan fingerprint density at radius 1 is 1.45 bits per heavy atom. The van der Waals surface area contributed by atoms with Gasteiger partial charge in [-0.25, -0.2) is 0 Å². The predicted molar refractivity (Wildman–Crippen MR) is 77.3 cm³/mol. The van der Waals surface area contributed by atoms with E-state index in [1.54, 1.807) is 30.5 Å². The van der Waals surface area contributed by atoms with Crippen LogP contribution in [0, 0.1) is 6.92 Å². The van der Waals surface area contributed by atoms with E-state index in [1.165, 1.54) is 0 Å². The first-order valence-corrected chi connectivity index (χ1v) is 6.30. The maximum Gasteiger partial charge on any atom is 0.189 e. The zero-order valence-corrected chi connectivity index (χ0v) is 11.6. The molecule has 0 radical (unpaired) electrons. The molecule has 0 unspecified atom stereocenters. The SMILES string of the molecule is Cc1ccc(Cl)cc1OCc1cccnc1C(N)=NO. The summed E-state index contributed by atoms with van der Waals surface area (Å²) in [6, 6.07) is 9.00. The van der Waals surface area contributed by atoms with Crippen molar-refractivity contribution in [1.82, 2.24) is 4.98 Å². The maximum absolute atomic E-state index is 8.74. The number of halogens is 1. The summed E-state index contributed by atoms with van der Waals surface area (Å²) in [6.07, 6.45) is 1.57. The third kappa shape index (κ3) is 3.19. The molecular weight excluding hydrogens is 278 g/mol. The molecule has 2 aromatic rings. The number of benzene rings is 1. The summed E-state index contributed by atoms with van der Waals surface area (Å²) in [6.45, 7) is 2.18. The van der Waals surface area contributed by atoms with Crippen LogP contribution in [0.1, 0.15) is 16.8 Å². The van der Waals surface area contributed by atoms with Gasteiger partial charge in [0.05, 0.1) is 0 Å². The van der Waals surface area contributed by atoms with Crippen LogP contribution in [0.5, 0.6) is 5.75 Å². The molecule has 0 saturated heterocycles. The van der Waals surface area contributed by atoms with Gasteiger partial charge in [0, 0.05) is 16.8 Å². The number of amidine groups is 1. The van der Waals surface area contributed by atoms with E-state index in [9.17, 15) is 0 Å². The van der Waals surface area contributed by atoms with Gasteiger partial charge in [-0.1, -0.05) is 28.9 Å². The minimum Gasteiger partial charge on any atom is -0.488 e. The van der Waals surface area contributed by atoms with Gasteiger partial charge in [0.2, 0.25) is 0 Å². The van der Waals surface area contributed by atoms with Crippen LogP contribution in [0.2, 0.25) is 5.02 Å². The molecule has 20 heavy (non-hydrogen) atoms. The Kier molecular flexibility index (Phi) is 4.42. The molecule has 0 amide bonds. The number of hydrogen-bond acceptors (Lipinski definition) is 4. The number of nitrogens with zero attached hydrogens (tertiary/aromatic N) is 2. The normalized spacial score (nSPS) is 11.4. The number of aromatic nitrogens is 1. The van der Waals surface area contributed by atoms with E-state index < -0.39 is 0 Å². The second kappa shape index (κ2) is 6.25. The number of nitrogens with two attached hydrogens (primary N) is 1. The van der Waals surface area contributed by atoms with Crippen molar-refractivity contribution >= 4 is 17.4 Å². The minimum absolute atomic E-state index is 0.0491. The van der Waals surface area contributed by atoms with Crippen molar-refractivity contribution in [1.29, 1.82) is 0 Å². The van der Waals surface area contributed by atoms with Crippen LogP contribution >= 0.6 is 11.6 Å². The number of pyridine rings is 1. The van der Waals surface area contributed by atoms with Crippen molar-refractivity contribution in [3.8, 4) is 5.75 Å². The molecule has 1 heterocycles. The summed E-state index contributed by atoms with van der Waals surface area (Å²) < 4.78 is 5.72. The fraction of sp³-hybridized carbons (Fsp3) is 0.143. The standard InChI is InChI=1S/C14H14ClN3O2/c1-9-4-5-11(15)7-12(9)20-8-10-3-2-6-17-13(10)14(16)18-19/h2-7,19H,8H2,1H3,(H2,16,18). The van der Waals surface area contributed by atoms with Crippen molar-refractivity contribution in [3.05, 3.63) is 58.4 Å². The summed E-state index contributed by atoms with van der Waals surface area (Å²) >= 11 is 5.94. The van der Waals surface area contributed by atoms with Crippen LogP contribution in [0.3, 0.4) is 0 Å². The van der Waals surface area contributed by atoms with Gasteiger partial charge in [-0.2, -0.15) is 0 Å². The first-order valence-electron chi connectivity index (χ1n) is 5.92. The molecule has 1 aromatic heterocycles. The molecule has 0 aliphatic carbocycles. The molecule has 104 valence electrons. The van der Waals surface area contributed by atoms with Gasteiger partial charge >= 0.3 is 0 Å². The first-order chi connectivity index (χ1) is 9.61. The van der Waals surface area contributed by atoms with Crippen LogP contribution < -0.4 is 10.5 Å². The van der Waals surface area contributed by atoms with E-state index in [4.69, 9.17) is 27.3 Å². The van der Waals surface area contributed by atoms with Gasteiger partial charge in [0.25, 0.3) is 0 Å². The van der Waals surface area contributed by atoms with E-state index in [2.05, 4.69) is 10.1 Å². The van der Waals surface area contributed by atoms with Crippen LogP contribution in [0.4, 0.5) is 0 Å². The molecule has 5 nitrogen and oxygen atoms in total. The number of hydrogen-bond donors (Lipinski definition) is 2. The Hall–Kier alpha value is -2.27. The van der Waals surface area contributed by atoms with Gasteiger partial charge < -0.3 is 15.7 Å². The highest BCUT2D eigenvalue weighted by molar-refractivity contribution is 6.30. The molecule has 0 aliphatic heterocycles. The van der Waals surface area contributed by atoms with Crippen LogP contribution in [-0.2, 0) is 6.61 Å². The fourth-order valence-corrected chi connectivity index (χ4v) is 1.88. The zero-order valence-electron chi connectivity index (χ0n) is 10.9. The van der Waals surface area contributed by atoms with Gasteiger partial charge in [-0.15, -0.1) is 0 Å². The molecule has 2 rings (SSSR count). The van der Waals surface area contributed by atoms with Crippen molar-refractivity contribution in [2.24, 2.45) is 10.9 Å². The lowest BCUT2D eigenvalue weighted by molar-refractivity contribution is 0.302. The highest BCUT2D eigenvalue weighted by atomic mass is 35.5. The van der Waals surface area contributed by atoms with E-state index in [0.29, 0.717) is 16.5 Å². The summed E-state index contributed by atoms with van der Waals surface area (Å²) in [5.41, 5.74) is 7.68. The van der Waals surface area contributed by atoms with Gasteiger partial charge in [-0.05, 0) is 30.7 Å². The molecule has 6 heteroatoms. The van der Waals surface area contributed by atoms with Crippen molar-refractivity contribution in [2.75, 3.05) is 0 Å². The molecule has 0 saturated carbocycles. The number of aryl methyl sites for hydroxylation is 1. The lowest BCUT2D eigenvalue weighted by atomic mass is 10.2. The minimum atomic E-state index is -0.0491. The summed E-state index contributed by atoms with van der Waals surface area (Å²) in [5.74, 6) is 0.638. The maximum atomic E-state index is 8.74.